The Morgan fingerprint density at radius 2 is 1.41 bits per heavy atom. The van der Waals surface area contributed by atoms with E-state index in [1.54, 1.807) is 0 Å². The fourth-order valence-electron chi connectivity index (χ4n) is 5.15. The van der Waals surface area contributed by atoms with Crippen molar-refractivity contribution in [3.05, 3.63) is 25.3 Å². The molecule has 10 atom stereocenters. The Hall–Kier alpha value is -2.49. The smallest absolute Gasteiger partial charge is 0.325 e. The zero-order chi connectivity index (χ0) is 31.0. The molecule has 236 valence electrons. The Morgan fingerprint density at radius 1 is 0.841 bits per heavy atom. The van der Waals surface area contributed by atoms with Crippen LogP contribution in [0.5, 0.6) is 0 Å². The third kappa shape index (κ3) is 5.26. The third-order valence-corrected chi connectivity index (χ3v) is 10.3. The average Bonchev–Trinajstić information content (AvgIpc) is 3.73. The van der Waals surface area contributed by atoms with Gasteiger partial charge < -0.3 is 51.7 Å². The van der Waals surface area contributed by atoms with Crippen molar-refractivity contribution in [3.63, 3.8) is 0 Å². The summed E-state index contributed by atoms with van der Waals surface area (Å²) in [5, 5.41) is 0. The summed E-state index contributed by atoms with van der Waals surface area (Å²) in [6, 6.07) is 0. The molecule has 5 N–H and O–H groups in total. The van der Waals surface area contributed by atoms with E-state index in [4.69, 9.17) is 63.1 Å². The molecule has 4 aromatic rings. The molecule has 44 heavy (non-hydrogen) atoms. The van der Waals surface area contributed by atoms with Crippen LogP contribution in [-0.2, 0) is 56.2 Å². The Kier molecular flexibility index (Phi) is 7.61. The molecular weight excluding hydrogens is 672 g/mol. The van der Waals surface area contributed by atoms with E-state index in [1.807, 2.05) is 0 Å². The van der Waals surface area contributed by atoms with Crippen LogP contribution in [0.25, 0.3) is 22.3 Å². The summed E-state index contributed by atoms with van der Waals surface area (Å²) in [5.41, 5.74) is 12.4. The van der Waals surface area contributed by atoms with Gasteiger partial charge in [0.15, 0.2) is 47.7 Å². The van der Waals surface area contributed by atoms with E-state index in [0.29, 0.717) is 0 Å². The number of ether oxygens (including phenoxy) is 2. The lowest BCUT2D eigenvalue weighted by Crippen LogP contribution is -2.34. The van der Waals surface area contributed by atoms with Crippen LogP contribution in [0.1, 0.15) is 12.5 Å². The van der Waals surface area contributed by atoms with Crippen molar-refractivity contribution in [3.8, 4) is 0 Å². The summed E-state index contributed by atoms with van der Waals surface area (Å²) in [6.45, 7) is -10.2. The molecule has 3 fully saturated rings. The first-order valence-electron chi connectivity index (χ1n) is 12.7. The molecule has 0 aliphatic carbocycles. The van der Waals surface area contributed by atoms with Crippen LogP contribution in [0.2, 0.25) is 0 Å². The van der Waals surface area contributed by atoms with Gasteiger partial charge in [-0.3, -0.25) is 18.2 Å². The number of halogens is 2. The van der Waals surface area contributed by atoms with Gasteiger partial charge in [0, 0.05) is 0 Å². The van der Waals surface area contributed by atoms with Gasteiger partial charge in [-0.15, -0.1) is 0 Å². The molecule has 0 amide bonds. The molecule has 2 unspecified atom stereocenters. The molecule has 3 aliphatic rings. The van der Waals surface area contributed by atoms with Crippen LogP contribution in [-0.4, -0.2) is 93.9 Å². The molecule has 7 heterocycles. The lowest BCUT2D eigenvalue weighted by molar-refractivity contribution is -0.0579. The van der Waals surface area contributed by atoms with Gasteiger partial charge >= 0.3 is 6.72 Å². The molecule has 0 aromatic carbocycles. The number of nitrogens with two attached hydrogens (primary N) is 2. The monoisotopic (exact) mass is 693 g/mol. The number of hydrogen-bond acceptors (Lipinski definition) is 17. The van der Waals surface area contributed by atoms with Crippen molar-refractivity contribution in [1.82, 2.24) is 39.0 Å². The molecule has 24 heteroatoms. The first kappa shape index (κ1) is 30.2. The highest BCUT2D eigenvalue weighted by Gasteiger charge is 2.53. The van der Waals surface area contributed by atoms with Gasteiger partial charge in [0.05, 0.1) is 25.9 Å². The van der Waals surface area contributed by atoms with Gasteiger partial charge in [-0.2, -0.15) is 0 Å². The molecule has 4 aromatic heterocycles. The summed E-state index contributed by atoms with van der Waals surface area (Å²) in [6.07, 6.45) is -8.15. The molecular formula is C20H21F2N10O8P2S2-. The normalized spacial score (nSPS) is 38.3. The molecule has 3 saturated heterocycles. The van der Waals surface area contributed by atoms with E-state index in [9.17, 15) is 9.46 Å². The van der Waals surface area contributed by atoms with Crippen LogP contribution >= 0.6 is 13.5 Å². The highest BCUT2D eigenvalue weighted by Crippen LogP contribution is 2.55. The number of anilines is 2. The number of hydrogen-bond donors (Lipinski definition) is 3. The molecule has 0 spiro atoms. The Morgan fingerprint density at radius 3 is 2.05 bits per heavy atom. The quantitative estimate of drug-likeness (QED) is 0.196. The van der Waals surface area contributed by atoms with Gasteiger partial charge in [0.2, 0.25) is 6.80 Å². The zero-order valence-corrected chi connectivity index (χ0v) is 25.3. The molecule has 2 bridgehead atoms. The van der Waals surface area contributed by atoms with E-state index in [-0.39, 0.29) is 34.0 Å². The fourth-order valence-corrected chi connectivity index (χ4v) is 7.98. The first-order chi connectivity index (χ1) is 20.9. The van der Waals surface area contributed by atoms with Crippen molar-refractivity contribution < 1.29 is 45.8 Å². The SMILES string of the molecule is Nc1ncnc2c1ncn2[C@@H]1O[C@@H]2COP(=O)([S-])O[C@@H]3[C@@H](F)[C@@H](COP(O)(=S)O[C@H]2[C@H]1F)O[C@H]3n1cnc2c(N)ncnc21. The number of rotatable bonds is 2. The number of alkyl halides is 2. The zero-order valence-electron chi connectivity index (χ0n) is 21.8. The lowest BCUT2D eigenvalue weighted by atomic mass is 10.1. The van der Waals surface area contributed by atoms with E-state index >= 15 is 8.78 Å². The van der Waals surface area contributed by atoms with Gasteiger partial charge in [-0.05, 0) is 11.8 Å². The van der Waals surface area contributed by atoms with Crippen molar-refractivity contribution in [2.75, 3.05) is 24.7 Å². The molecule has 0 saturated carbocycles. The Bertz CT molecular complexity index is 1840. The lowest BCUT2D eigenvalue weighted by Gasteiger charge is -2.31. The van der Waals surface area contributed by atoms with Gasteiger partial charge in [0.1, 0.15) is 48.1 Å². The predicted molar refractivity (Wildman–Crippen MR) is 150 cm³/mol. The highest BCUT2D eigenvalue weighted by molar-refractivity contribution is 8.32. The molecule has 18 nitrogen and oxygen atoms in total. The van der Waals surface area contributed by atoms with Crippen LogP contribution in [0, 0.1) is 0 Å². The number of imidazole rings is 2. The second kappa shape index (κ2) is 11.1. The largest absolute Gasteiger partial charge is 0.660 e. The van der Waals surface area contributed by atoms with Crippen LogP contribution in [0.15, 0.2) is 25.3 Å². The summed E-state index contributed by atoms with van der Waals surface area (Å²) in [7, 11) is 0. The number of nitrogens with zero attached hydrogens (tertiary/aromatic N) is 8. The van der Waals surface area contributed by atoms with E-state index in [2.05, 4.69) is 29.9 Å². The summed E-state index contributed by atoms with van der Waals surface area (Å²) >= 11 is 10.2. The standard InChI is InChI=1S/C20H22F2N10O8P2S2/c21-9-7-1-35-41(33,43)39-13-8(38-19(10(13)22)31-5-29-11-15(23)25-3-27-17(11)31)2-36-42(34,44)40-14(9)20(37-7)32-6-30-12-16(24)26-4-28-18(12)32/h3-10,13-14,19-20H,1-2H2,(H,33,43)(H,34,44)(H2,23,25,27)(H2,24,26,28)/p-1/t7-,8-,9+,10-,13-,14-,19-,20-,41?,42?/m1/s1. The summed E-state index contributed by atoms with van der Waals surface area (Å²) < 4.78 is 81.2. The minimum absolute atomic E-state index is 0.0497. The summed E-state index contributed by atoms with van der Waals surface area (Å²) in [4.78, 5) is 35.0. The summed E-state index contributed by atoms with van der Waals surface area (Å²) in [5.74, 6) is 0.0994. The minimum Gasteiger partial charge on any atom is -0.660 e. The van der Waals surface area contributed by atoms with Crippen molar-refractivity contribution in [2.24, 2.45) is 0 Å². The predicted octanol–water partition coefficient (Wildman–Crippen LogP) is 0.991. The van der Waals surface area contributed by atoms with Gasteiger partial charge in [-0.1, -0.05) is 0 Å². The van der Waals surface area contributed by atoms with E-state index < -0.39 is 75.9 Å². The van der Waals surface area contributed by atoms with E-state index in [1.165, 1.54) is 21.8 Å². The van der Waals surface area contributed by atoms with Crippen LogP contribution in [0.4, 0.5) is 20.4 Å². The topological polar surface area (TPSA) is 232 Å². The molecule has 3 aliphatic heterocycles. The molecule has 0 radical (unpaired) electrons. The highest BCUT2D eigenvalue weighted by atomic mass is 32.7. The molecule has 7 rings (SSSR count). The third-order valence-electron chi connectivity index (χ3n) is 7.16. The maximum atomic E-state index is 16.0. The Balaban J connectivity index is 1.20. The fraction of sp³-hybridized carbons (Fsp3) is 0.500. The second-order valence-corrected chi connectivity index (χ2v) is 15.3. The number of fused-ring (bicyclic) bond motifs is 5. The maximum Gasteiger partial charge on any atom is 0.325 e. The number of aromatic nitrogens is 8. The van der Waals surface area contributed by atoms with Gasteiger partial charge in [0.25, 0.3) is 0 Å². The van der Waals surface area contributed by atoms with Crippen molar-refractivity contribution in [2.45, 2.75) is 49.2 Å². The minimum atomic E-state index is -4.53. The van der Waals surface area contributed by atoms with Crippen LogP contribution < -0.4 is 11.5 Å². The second-order valence-electron chi connectivity index (χ2n) is 9.83. The average molecular weight is 694 g/mol. The first-order valence-corrected chi connectivity index (χ1v) is 17.8. The van der Waals surface area contributed by atoms with Crippen molar-refractivity contribution in [1.29, 1.82) is 0 Å². The van der Waals surface area contributed by atoms with Crippen LogP contribution in [0.3, 0.4) is 0 Å². The maximum absolute atomic E-state index is 16.0. The van der Waals surface area contributed by atoms with Gasteiger partial charge in [-0.25, -0.2) is 38.7 Å². The Labute approximate surface area is 255 Å². The van der Waals surface area contributed by atoms with Crippen molar-refractivity contribution >= 4 is 71.5 Å². The van der Waals surface area contributed by atoms with E-state index in [0.717, 1.165) is 12.7 Å². The number of nitrogen functional groups attached to an aromatic ring is 2.